The number of carbonyl (C=O) groups excluding carboxylic acids is 1. The summed E-state index contributed by atoms with van der Waals surface area (Å²) in [6, 6.07) is 8.02. The van der Waals surface area contributed by atoms with Crippen molar-refractivity contribution in [2.24, 2.45) is 11.8 Å². The number of nitrogens with zero attached hydrogens (tertiary/aromatic N) is 2. The second-order valence-electron chi connectivity index (χ2n) is 6.35. The minimum atomic E-state index is -0.790. The second kappa shape index (κ2) is 7.03. The average Bonchev–Trinajstić information content (AvgIpc) is 3.19. The van der Waals surface area contributed by atoms with Gasteiger partial charge in [-0.2, -0.15) is 0 Å². The summed E-state index contributed by atoms with van der Waals surface area (Å²) in [5.41, 5.74) is 2.09. The summed E-state index contributed by atoms with van der Waals surface area (Å²) in [6.45, 7) is 3.45. The Morgan fingerprint density at radius 3 is 2.75 bits per heavy atom. The van der Waals surface area contributed by atoms with E-state index in [4.69, 9.17) is 5.11 Å². The second-order valence-corrected chi connectivity index (χ2v) is 6.35. The van der Waals surface area contributed by atoms with E-state index in [9.17, 15) is 9.59 Å². The van der Waals surface area contributed by atoms with E-state index >= 15 is 0 Å². The zero-order valence-electron chi connectivity index (χ0n) is 13.9. The van der Waals surface area contributed by atoms with Crippen LogP contribution < -0.4 is 5.32 Å². The molecule has 24 heavy (non-hydrogen) atoms. The molecule has 6 heteroatoms. The first-order valence-electron chi connectivity index (χ1n) is 8.54. The van der Waals surface area contributed by atoms with Crippen LogP contribution in [0.5, 0.6) is 0 Å². The van der Waals surface area contributed by atoms with Crippen LogP contribution in [0.15, 0.2) is 24.3 Å². The minimum absolute atomic E-state index is 0.0297. The Kier molecular flexibility index (Phi) is 4.83. The molecule has 0 saturated heterocycles. The molecule has 0 unspecified atom stereocenters. The van der Waals surface area contributed by atoms with Crippen LogP contribution in [0.2, 0.25) is 0 Å². The van der Waals surface area contributed by atoms with Gasteiger partial charge in [0.15, 0.2) is 0 Å². The lowest BCUT2D eigenvalue weighted by Gasteiger charge is -2.11. The highest BCUT2D eigenvalue weighted by atomic mass is 16.4. The lowest BCUT2D eigenvalue weighted by molar-refractivity contribution is -0.141. The van der Waals surface area contributed by atoms with Crippen LogP contribution in [-0.4, -0.2) is 33.1 Å². The average molecular weight is 329 g/mol. The lowest BCUT2D eigenvalue weighted by atomic mass is 10.0. The Bertz CT molecular complexity index is 753. The van der Waals surface area contributed by atoms with E-state index in [1.807, 2.05) is 18.2 Å². The number of para-hydroxylation sites is 2. The van der Waals surface area contributed by atoms with Gasteiger partial charge in [-0.25, -0.2) is 4.98 Å². The smallest absolute Gasteiger partial charge is 0.306 e. The minimum Gasteiger partial charge on any atom is -0.481 e. The highest BCUT2D eigenvalue weighted by Gasteiger charge is 2.33. The van der Waals surface area contributed by atoms with Crippen LogP contribution in [0.25, 0.3) is 11.0 Å². The number of aromatic nitrogens is 2. The fourth-order valence-corrected chi connectivity index (χ4v) is 3.55. The molecule has 0 bridgehead atoms. The number of rotatable bonds is 6. The maximum Gasteiger partial charge on any atom is 0.306 e. The molecule has 1 saturated carbocycles. The maximum absolute atomic E-state index is 12.2. The fourth-order valence-electron chi connectivity index (χ4n) is 3.55. The summed E-state index contributed by atoms with van der Waals surface area (Å²) in [5, 5.41) is 12.0. The molecule has 0 spiro atoms. The first-order valence-corrected chi connectivity index (χ1v) is 8.54. The van der Waals surface area contributed by atoms with Gasteiger partial charge in [-0.3, -0.25) is 9.59 Å². The van der Waals surface area contributed by atoms with E-state index < -0.39 is 5.97 Å². The molecular formula is C18H23N3O3. The monoisotopic (exact) mass is 329 g/mol. The van der Waals surface area contributed by atoms with E-state index in [0.29, 0.717) is 32.2 Å². The normalized spacial score (nSPS) is 20.4. The highest BCUT2D eigenvalue weighted by molar-refractivity contribution is 5.81. The van der Waals surface area contributed by atoms with Crippen LogP contribution in [-0.2, 0) is 22.6 Å². The van der Waals surface area contributed by atoms with Gasteiger partial charge in [0.25, 0.3) is 0 Å². The van der Waals surface area contributed by atoms with Crippen molar-refractivity contribution in [1.29, 1.82) is 0 Å². The van der Waals surface area contributed by atoms with Crippen LogP contribution >= 0.6 is 0 Å². The van der Waals surface area contributed by atoms with Gasteiger partial charge in [0, 0.05) is 25.4 Å². The van der Waals surface area contributed by atoms with Gasteiger partial charge in [-0.1, -0.05) is 12.1 Å². The Balaban J connectivity index is 1.57. The van der Waals surface area contributed by atoms with Crippen molar-refractivity contribution in [2.45, 2.75) is 39.2 Å². The fraction of sp³-hybridized carbons (Fsp3) is 0.500. The third-order valence-corrected chi connectivity index (χ3v) is 4.85. The Labute approximate surface area is 140 Å². The largest absolute Gasteiger partial charge is 0.481 e. The van der Waals surface area contributed by atoms with Crippen LogP contribution in [0.1, 0.15) is 32.0 Å². The standard InChI is InChI=1S/C18H23N3O3/c1-2-21-15-6-4-3-5-14(15)20-16(21)9-10-19-17(22)12-7-8-13(11-12)18(23)24/h3-6,12-13H,2,7-11H2,1H3,(H,19,22)(H,23,24)/t12-,13+/m1/s1. The van der Waals surface area contributed by atoms with Crippen molar-refractivity contribution in [2.75, 3.05) is 6.54 Å². The molecule has 2 atom stereocenters. The van der Waals surface area contributed by atoms with E-state index in [1.165, 1.54) is 0 Å². The van der Waals surface area contributed by atoms with Crippen molar-refractivity contribution in [3.63, 3.8) is 0 Å². The molecule has 2 N–H and O–H groups in total. The van der Waals surface area contributed by atoms with E-state index in [-0.39, 0.29) is 17.7 Å². The van der Waals surface area contributed by atoms with E-state index in [0.717, 1.165) is 23.4 Å². The Morgan fingerprint density at radius 2 is 2.04 bits per heavy atom. The van der Waals surface area contributed by atoms with Crippen molar-refractivity contribution < 1.29 is 14.7 Å². The molecule has 1 aliphatic rings. The third kappa shape index (κ3) is 3.27. The number of aryl methyl sites for hydroxylation is 1. The zero-order valence-corrected chi connectivity index (χ0v) is 13.9. The number of hydrogen-bond acceptors (Lipinski definition) is 3. The molecule has 0 radical (unpaired) electrons. The number of carbonyl (C=O) groups is 2. The lowest BCUT2D eigenvalue weighted by Crippen LogP contribution is -2.31. The number of amides is 1. The number of hydrogen-bond donors (Lipinski definition) is 2. The molecule has 1 aromatic heterocycles. The quantitative estimate of drug-likeness (QED) is 0.851. The molecule has 2 aromatic rings. The van der Waals surface area contributed by atoms with Crippen molar-refractivity contribution in [3.8, 4) is 0 Å². The number of aliphatic carboxylic acids is 1. The van der Waals surface area contributed by atoms with Crippen LogP contribution in [0.3, 0.4) is 0 Å². The summed E-state index contributed by atoms with van der Waals surface area (Å²) in [7, 11) is 0. The molecule has 128 valence electrons. The van der Waals surface area contributed by atoms with Crippen molar-refractivity contribution in [3.05, 3.63) is 30.1 Å². The zero-order chi connectivity index (χ0) is 17.1. The van der Waals surface area contributed by atoms with E-state index in [1.54, 1.807) is 0 Å². The first kappa shape index (κ1) is 16.5. The number of carboxylic acids is 1. The van der Waals surface area contributed by atoms with Gasteiger partial charge in [-0.05, 0) is 38.3 Å². The van der Waals surface area contributed by atoms with Gasteiger partial charge >= 0.3 is 5.97 Å². The molecule has 1 aromatic carbocycles. The molecule has 0 aliphatic heterocycles. The first-order chi connectivity index (χ1) is 11.6. The number of fused-ring (bicyclic) bond motifs is 1. The van der Waals surface area contributed by atoms with Crippen molar-refractivity contribution >= 4 is 22.9 Å². The third-order valence-electron chi connectivity index (χ3n) is 4.85. The van der Waals surface area contributed by atoms with E-state index in [2.05, 4.69) is 27.9 Å². The highest BCUT2D eigenvalue weighted by Crippen LogP contribution is 2.31. The number of nitrogens with one attached hydrogen (secondary N) is 1. The summed E-state index contributed by atoms with van der Waals surface area (Å²) < 4.78 is 2.16. The van der Waals surface area contributed by atoms with Crippen LogP contribution in [0.4, 0.5) is 0 Å². The number of carboxylic acid groups (broad SMARTS) is 1. The van der Waals surface area contributed by atoms with Gasteiger partial charge in [0.2, 0.25) is 5.91 Å². The van der Waals surface area contributed by atoms with Gasteiger partial charge < -0.3 is 15.0 Å². The summed E-state index contributed by atoms with van der Waals surface area (Å²) in [6.07, 6.45) is 2.38. The predicted octanol–water partition coefficient (Wildman–Crippen LogP) is 2.22. The van der Waals surface area contributed by atoms with Crippen LogP contribution in [0, 0.1) is 11.8 Å². The van der Waals surface area contributed by atoms with Crippen molar-refractivity contribution in [1.82, 2.24) is 14.9 Å². The summed E-state index contributed by atoms with van der Waals surface area (Å²) >= 11 is 0. The molecule has 6 nitrogen and oxygen atoms in total. The van der Waals surface area contributed by atoms with Gasteiger partial charge in [0.1, 0.15) is 5.82 Å². The molecule has 1 fully saturated rings. The SMILES string of the molecule is CCn1c(CCNC(=O)[C@@H]2CC[C@H](C(=O)O)C2)nc2ccccc21. The molecule has 1 amide bonds. The van der Waals surface area contributed by atoms with Gasteiger partial charge in [-0.15, -0.1) is 0 Å². The summed E-state index contributed by atoms with van der Waals surface area (Å²) in [5.74, 6) is -0.394. The summed E-state index contributed by atoms with van der Waals surface area (Å²) in [4.78, 5) is 27.8. The molecule has 3 rings (SSSR count). The Hall–Kier alpha value is -2.37. The maximum atomic E-state index is 12.2. The predicted molar refractivity (Wildman–Crippen MR) is 90.6 cm³/mol. The van der Waals surface area contributed by atoms with Gasteiger partial charge in [0.05, 0.1) is 17.0 Å². The topological polar surface area (TPSA) is 84.2 Å². The molecular weight excluding hydrogens is 306 g/mol. The number of benzene rings is 1. The Morgan fingerprint density at radius 1 is 1.29 bits per heavy atom. The molecule has 1 heterocycles. The molecule has 1 aliphatic carbocycles. The number of imidazole rings is 1.